The lowest BCUT2D eigenvalue weighted by molar-refractivity contribution is -0.151. The highest BCUT2D eigenvalue weighted by atomic mass is 35.5. The molecule has 0 radical (unpaired) electrons. The SMILES string of the molecule is COC(=O)C1(NC(=O)C[C@@H]2CCC[C@H]2N)CCCCCC1.Cl. The number of rotatable bonds is 4. The fourth-order valence-electron chi connectivity index (χ4n) is 3.78. The molecule has 22 heavy (non-hydrogen) atoms. The number of hydrogen-bond donors (Lipinski definition) is 2. The summed E-state index contributed by atoms with van der Waals surface area (Å²) in [5, 5.41) is 3.00. The van der Waals surface area contributed by atoms with E-state index in [1.807, 2.05) is 0 Å². The average Bonchev–Trinajstić information content (AvgIpc) is 2.73. The van der Waals surface area contributed by atoms with Gasteiger partial charge in [-0.3, -0.25) is 4.79 Å². The largest absolute Gasteiger partial charge is 0.467 e. The smallest absolute Gasteiger partial charge is 0.331 e. The van der Waals surface area contributed by atoms with Crippen LogP contribution in [0, 0.1) is 5.92 Å². The number of amides is 1. The predicted octanol–water partition coefficient (Wildman–Crippen LogP) is 2.31. The first kappa shape index (κ1) is 19.2. The van der Waals surface area contributed by atoms with Gasteiger partial charge in [-0.1, -0.05) is 32.1 Å². The van der Waals surface area contributed by atoms with E-state index in [2.05, 4.69) is 5.32 Å². The number of carbonyl (C=O) groups is 2. The molecule has 2 rings (SSSR count). The summed E-state index contributed by atoms with van der Waals surface area (Å²) in [6.45, 7) is 0. The first-order valence-electron chi connectivity index (χ1n) is 8.22. The lowest BCUT2D eigenvalue weighted by Crippen LogP contribution is -2.55. The number of methoxy groups -OCH3 is 1. The van der Waals surface area contributed by atoms with E-state index in [1.54, 1.807) is 0 Å². The molecule has 6 heteroatoms. The molecule has 5 nitrogen and oxygen atoms in total. The molecule has 2 aliphatic carbocycles. The minimum Gasteiger partial charge on any atom is -0.467 e. The summed E-state index contributed by atoms with van der Waals surface area (Å²) < 4.78 is 4.96. The summed E-state index contributed by atoms with van der Waals surface area (Å²) in [5.74, 6) is -0.0939. The maximum Gasteiger partial charge on any atom is 0.331 e. The molecule has 0 aromatic heterocycles. The number of carbonyl (C=O) groups excluding carboxylic acids is 2. The van der Waals surface area contributed by atoms with Gasteiger partial charge in [-0.25, -0.2) is 4.79 Å². The Morgan fingerprint density at radius 1 is 1.14 bits per heavy atom. The van der Waals surface area contributed by atoms with Gasteiger partial charge < -0.3 is 15.8 Å². The van der Waals surface area contributed by atoms with E-state index < -0.39 is 5.54 Å². The second-order valence-electron chi connectivity index (χ2n) is 6.60. The van der Waals surface area contributed by atoms with Gasteiger partial charge in [0.15, 0.2) is 0 Å². The molecule has 3 N–H and O–H groups in total. The van der Waals surface area contributed by atoms with Gasteiger partial charge in [0, 0.05) is 12.5 Å². The molecular formula is C16H29ClN2O3. The average molecular weight is 333 g/mol. The molecule has 128 valence electrons. The van der Waals surface area contributed by atoms with Crippen molar-refractivity contribution in [2.75, 3.05) is 7.11 Å². The van der Waals surface area contributed by atoms with Gasteiger partial charge in [-0.2, -0.15) is 0 Å². The zero-order chi connectivity index (χ0) is 15.3. The van der Waals surface area contributed by atoms with Crippen molar-refractivity contribution in [1.82, 2.24) is 5.32 Å². The second kappa shape index (κ2) is 8.73. The Morgan fingerprint density at radius 2 is 1.77 bits per heavy atom. The Balaban J connectivity index is 0.00000242. The van der Waals surface area contributed by atoms with E-state index in [1.165, 1.54) is 7.11 Å². The van der Waals surface area contributed by atoms with Crippen LogP contribution in [-0.4, -0.2) is 30.6 Å². The normalized spacial score (nSPS) is 27.4. The first-order chi connectivity index (χ1) is 10.1. The van der Waals surface area contributed by atoms with Crippen LogP contribution >= 0.6 is 12.4 Å². The summed E-state index contributed by atoms with van der Waals surface area (Å²) >= 11 is 0. The molecule has 0 unspecified atom stereocenters. The fourth-order valence-corrected chi connectivity index (χ4v) is 3.78. The molecule has 2 aliphatic rings. The molecule has 2 atom stereocenters. The van der Waals surface area contributed by atoms with Gasteiger partial charge in [-0.15, -0.1) is 12.4 Å². The van der Waals surface area contributed by atoms with Crippen LogP contribution in [-0.2, 0) is 14.3 Å². The molecule has 0 aromatic carbocycles. The van der Waals surface area contributed by atoms with E-state index in [0.717, 1.165) is 44.9 Å². The quantitative estimate of drug-likeness (QED) is 0.611. The van der Waals surface area contributed by atoms with E-state index in [9.17, 15) is 9.59 Å². The zero-order valence-corrected chi connectivity index (χ0v) is 14.3. The lowest BCUT2D eigenvalue weighted by atomic mass is 9.89. The van der Waals surface area contributed by atoms with Gasteiger partial charge in [0.25, 0.3) is 0 Å². The van der Waals surface area contributed by atoms with Crippen LogP contribution in [0.3, 0.4) is 0 Å². The van der Waals surface area contributed by atoms with Crippen molar-refractivity contribution in [2.45, 2.75) is 75.8 Å². The highest BCUT2D eigenvalue weighted by Crippen LogP contribution is 2.30. The minimum atomic E-state index is -0.814. The Bertz CT molecular complexity index is 382. The number of hydrogen-bond acceptors (Lipinski definition) is 4. The van der Waals surface area contributed by atoms with Crippen molar-refractivity contribution in [1.29, 1.82) is 0 Å². The number of nitrogens with one attached hydrogen (secondary N) is 1. The summed E-state index contributed by atoms with van der Waals surface area (Å²) in [6.07, 6.45) is 9.05. The molecule has 0 heterocycles. The van der Waals surface area contributed by atoms with E-state index >= 15 is 0 Å². The maximum atomic E-state index is 12.4. The third-order valence-corrected chi connectivity index (χ3v) is 5.08. The fraction of sp³-hybridized carbons (Fsp3) is 0.875. The molecule has 0 saturated heterocycles. The van der Waals surface area contributed by atoms with Crippen LogP contribution in [0.4, 0.5) is 0 Å². The Labute approximate surface area is 139 Å². The third-order valence-electron chi connectivity index (χ3n) is 5.08. The minimum absolute atomic E-state index is 0. The molecule has 2 fully saturated rings. The van der Waals surface area contributed by atoms with E-state index in [-0.39, 0.29) is 36.2 Å². The topological polar surface area (TPSA) is 81.4 Å². The monoisotopic (exact) mass is 332 g/mol. The maximum absolute atomic E-state index is 12.4. The van der Waals surface area contributed by atoms with Crippen molar-refractivity contribution in [3.63, 3.8) is 0 Å². The van der Waals surface area contributed by atoms with Gasteiger partial charge in [-0.05, 0) is 31.6 Å². The van der Waals surface area contributed by atoms with E-state index in [4.69, 9.17) is 10.5 Å². The van der Waals surface area contributed by atoms with Gasteiger partial charge >= 0.3 is 5.97 Å². The number of halogens is 1. The van der Waals surface area contributed by atoms with Crippen LogP contribution in [0.2, 0.25) is 0 Å². The Morgan fingerprint density at radius 3 is 2.27 bits per heavy atom. The van der Waals surface area contributed by atoms with Gasteiger partial charge in [0.1, 0.15) is 5.54 Å². The molecule has 0 aliphatic heterocycles. The van der Waals surface area contributed by atoms with Crippen molar-refractivity contribution in [3.05, 3.63) is 0 Å². The molecule has 0 bridgehead atoms. The third kappa shape index (κ3) is 4.59. The van der Waals surface area contributed by atoms with Crippen LogP contribution in [0.5, 0.6) is 0 Å². The Kier molecular flexibility index (Phi) is 7.63. The Hall–Kier alpha value is -0.810. The highest BCUT2D eigenvalue weighted by Gasteiger charge is 2.41. The van der Waals surface area contributed by atoms with Crippen LogP contribution in [0.15, 0.2) is 0 Å². The molecule has 0 spiro atoms. The second-order valence-corrected chi connectivity index (χ2v) is 6.60. The highest BCUT2D eigenvalue weighted by molar-refractivity contribution is 5.88. The summed E-state index contributed by atoms with van der Waals surface area (Å²) in [7, 11) is 1.40. The van der Waals surface area contributed by atoms with Gasteiger partial charge in [0.05, 0.1) is 7.11 Å². The number of esters is 1. The summed E-state index contributed by atoms with van der Waals surface area (Å²) in [5.41, 5.74) is 5.22. The van der Waals surface area contributed by atoms with Crippen molar-refractivity contribution < 1.29 is 14.3 Å². The summed E-state index contributed by atoms with van der Waals surface area (Å²) in [4.78, 5) is 24.6. The van der Waals surface area contributed by atoms with Gasteiger partial charge in [0.2, 0.25) is 5.91 Å². The molecular weight excluding hydrogens is 304 g/mol. The zero-order valence-electron chi connectivity index (χ0n) is 13.4. The van der Waals surface area contributed by atoms with Crippen LogP contribution < -0.4 is 11.1 Å². The van der Waals surface area contributed by atoms with Crippen LogP contribution in [0.1, 0.15) is 64.2 Å². The number of ether oxygens (including phenoxy) is 1. The van der Waals surface area contributed by atoms with Crippen LogP contribution in [0.25, 0.3) is 0 Å². The number of nitrogens with two attached hydrogens (primary N) is 1. The van der Waals surface area contributed by atoms with Crippen molar-refractivity contribution in [3.8, 4) is 0 Å². The standard InChI is InChI=1S/C16H28N2O3.ClH/c1-21-15(20)16(9-4-2-3-5-10-16)18-14(19)11-12-7-6-8-13(12)17;/h12-13H,2-11,17H2,1H3,(H,18,19);1H/t12-,13+;/m0./s1. The lowest BCUT2D eigenvalue weighted by Gasteiger charge is -2.31. The summed E-state index contributed by atoms with van der Waals surface area (Å²) in [6, 6.07) is 0.124. The molecule has 0 aromatic rings. The van der Waals surface area contributed by atoms with E-state index in [0.29, 0.717) is 19.3 Å². The van der Waals surface area contributed by atoms with Crippen molar-refractivity contribution >= 4 is 24.3 Å². The predicted molar refractivity (Wildman–Crippen MR) is 87.8 cm³/mol. The first-order valence-corrected chi connectivity index (χ1v) is 8.22. The molecule has 2 saturated carbocycles. The van der Waals surface area contributed by atoms with Crippen molar-refractivity contribution in [2.24, 2.45) is 11.7 Å². The molecule has 1 amide bonds.